The predicted octanol–water partition coefficient (Wildman–Crippen LogP) is 2.94. The molecule has 2 amide bonds. The summed E-state index contributed by atoms with van der Waals surface area (Å²) in [6, 6.07) is 9.64. The first-order valence-corrected chi connectivity index (χ1v) is 6.70. The number of anilines is 2. The molecule has 23 heavy (non-hydrogen) atoms. The number of carbonyl (C=O) groups excluding carboxylic acids is 2. The zero-order chi connectivity index (χ0) is 16.8. The molecule has 0 aromatic heterocycles. The third-order valence-electron chi connectivity index (χ3n) is 2.76. The van der Waals surface area contributed by atoms with Crippen LogP contribution in [0.5, 0.6) is 5.75 Å². The Balaban J connectivity index is 1.96. The van der Waals surface area contributed by atoms with E-state index in [1.165, 1.54) is 13.0 Å². The molecule has 2 aromatic rings. The molecule has 0 saturated heterocycles. The first-order chi connectivity index (χ1) is 11.0. The predicted molar refractivity (Wildman–Crippen MR) is 81.2 cm³/mol. The number of carbonyl (C=O) groups is 2. The number of para-hydroxylation sites is 2. The van der Waals surface area contributed by atoms with Crippen molar-refractivity contribution in [2.45, 2.75) is 6.92 Å². The van der Waals surface area contributed by atoms with E-state index in [0.29, 0.717) is 11.4 Å². The number of hydrogen-bond acceptors (Lipinski definition) is 3. The summed E-state index contributed by atoms with van der Waals surface area (Å²) in [5.74, 6) is -2.55. The molecule has 0 spiro atoms. The van der Waals surface area contributed by atoms with Crippen LogP contribution in [0.2, 0.25) is 0 Å². The minimum Gasteiger partial charge on any atom is -0.482 e. The van der Waals surface area contributed by atoms with Crippen LogP contribution < -0.4 is 15.4 Å². The molecule has 2 aromatic carbocycles. The molecule has 2 N–H and O–H groups in total. The maximum atomic E-state index is 13.1. The number of halogens is 2. The standard InChI is InChI=1S/C16H14F2N2O3/c1-10(21)19-14-4-2-3-5-15(14)23-9-16(22)20-11-6-7-12(17)13(18)8-11/h2-8H,9H2,1H3,(H,19,21)(H,20,22). The van der Waals surface area contributed by atoms with Gasteiger partial charge in [-0.05, 0) is 24.3 Å². The normalized spacial score (nSPS) is 10.0. The van der Waals surface area contributed by atoms with Crippen molar-refractivity contribution in [3.8, 4) is 5.75 Å². The van der Waals surface area contributed by atoms with Gasteiger partial charge in [0.05, 0.1) is 5.69 Å². The van der Waals surface area contributed by atoms with Crippen molar-refractivity contribution in [2.24, 2.45) is 0 Å². The number of hydrogen-bond donors (Lipinski definition) is 2. The van der Waals surface area contributed by atoms with E-state index in [1.807, 2.05) is 0 Å². The van der Waals surface area contributed by atoms with E-state index in [4.69, 9.17) is 4.74 Å². The van der Waals surface area contributed by atoms with Crippen molar-refractivity contribution in [3.05, 3.63) is 54.1 Å². The molecule has 0 fully saturated rings. The van der Waals surface area contributed by atoms with Crippen LogP contribution in [0, 0.1) is 11.6 Å². The second-order valence-corrected chi connectivity index (χ2v) is 4.64. The SMILES string of the molecule is CC(=O)Nc1ccccc1OCC(=O)Nc1ccc(F)c(F)c1. The topological polar surface area (TPSA) is 67.4 Å². The molecule has 2 rings (SSSR count). The lowest BCUT2D eigenvalue weighted by Gasteiger charge is -2.11. The van der Waals surface area contributed by atoms with E-state index >= 15 is 0 Å². The molecule has 0 atom stereocenters. The summed E-state index contributed by atoms with van der Waals surface area (Å²) in [4.78, 5) is 22.9. The highest BCUT2D eigenvalue weighted by Gasteiger charge is 2.09. The Labute approximate surface area is 131 Å². The number of ether oxygens (including phenoxy) is 1. The average Bonchev–Trinajstić information content (AvgIpc) is 2.49. The van der Waals surface area contributed by atoms with Gasteiger partial charge in [-0.2, -0.15) is 0 Å². The van der Waals surface area contributed by atoms with Crippen molar-refractivity contribution >= 4 is 23.2 Å². The Morgan fingerprint density at radius 1 is 1.04 bits per heavy atom. The molecule has 0 heterocycles. The quantitative estimate of drug-likeness (QED) is 0.890. The fourth-order valence-electron chi connectivity index (χ4n) is 1.80. The van der Waals surface area contributed by atoms with E-state index in [-0.39, 0.29) is 18.2 Å². The summed E-state index contributed by atoms with van der Waals surface area (Å²) < 4.78 is 31.2. The average molecular weight is 320 g/mol. The second-order valence-electron chi connectivity index (χ2n) is 4.64. The molecule has 5 nitrogen and oxygen atoms in total. The van der Waals surface area contributed by atoms with E-state index in [1.54, 1.807) is 24.3 Å². The Morgan fingerprint density at radius 2 is 1.78 bits per heavy atom. The monoisotopic (exact) mass is 320 g/mol. The van der Waals surface area contributed by atoms with E-state index in [0.717, 1.165) is 12.1 Å². The van der Waals surface area contributed by atoms with Crippen LogP contribution in [0.25, 0.3) is 0 Å². The smallest absolute Gasteiger partial charge is 0.262 e. The van der Waals surface area contributed by atoms with Crippen LogP contribution in [0.1, 0.15) is 6.92 Å². The Kier molecular flexibility index (Phi) is 5.24. The summed E-state index contributed by atoms with van der Waals surface area (Å²) in [6.45, 7) is 1.00. The highest BCUT2D eigenvalue weighted by Crippen LogP contribution is 2.23. The van der Waals surface area contributed by atoms with E-state index < -0.39 is 17.5 Å². The molecule has 0 bridgehead atoms. The summed E-state index contributed by atoms with van der Waals surface area (Å²) in [7, 11) is 0. The Morgan fingerprint density at radius 3 is 2.48 bits per heavy atom. The zero-order valence-corrected chi connectivity index (χ0v) is 12.2. The van der Waals surface area contributed by atoms with Gasteiger partial charge in [0.1, 0.15) is 5.75 Å². The molecular formula is C16H14F2N2O3. The number of amides is 2. The summed E-state index contributed by atoms with van der Waals surface area (Å²) in [5, 5.41) is 4.96. The van der Waals surface area contributed by atoms with Gasteiger partial charge in [0.25, 0.3) is 5.91 Å². The molecule has 0 aliphatic rings. The van der Waals surface area contributed by atoms with Crippen LogP contribution in [0.3, 0.4) is 0 Å². The number of nitrogens with one attached hydrogen (secondary N) is 2. The summed E-state index contributed by atoms with van der Waals surface area (Å²) in [6.07, 6.45) is 0. The molecule has 0 aliphatic heterocycles. The van der Waals surface area contributed by atoms with Gasteiger partial charge in [-0.3, -0.25) is 9.59 Å². The van der Waals surface area contributed by atoms with E-state index in [2.05, 4.69) is 10.6 Å². The van der Waals surface area contributed by atoms with Crippen molar-refractivity contribution in [1.82, 2.24) is 0 Å². The fourth-order valence-corrected chi connectivity index (χ4v) is 1.80. The molecule has 0 saturated carbocycles. The van der Waals surface area contributed by atoms with Gasteiger partial charge in [-0.1, -0.05) is 12.1 Å². The van der Waals surface area contributed by atoms with Gasteiger partial charge in [0.15, 0.2) is 18.2 Å². The third-order valence-corrected chi connectivity index (χ3v) is 2.76. The number of rotatable bonds is 5. The first-order valence-electron chi connectivity index (χ1n) is 6.70. The van der Waals surface area contributed by atoms with Crippen molar-refractivity contribution in [1.29, 1.82) is 0 Å². The minimum atomic E-state index is -1.06. The molecule has 0 radical (unpaired) electrons. The van der Waals surface area contributed by atoms with Crippen molar-refractivity contribution < 1.29 is 23.1 Å². The maximum Gasteiger partial charge on any atom is 0.262 e. The van der Waals surface area contributed by atoms with Gasteiger partial charge in [-0.25, -0.2) is 8.78 Å². The van der Waals surface area contributed by atoms with Gasteiger partial charge in [0, 0.05) is 18.7 Å². The van der Waals surface area contributed by atoms with Crippen LogP contribution in [0.4, 0.5) is 20.2 Å². The lowest BCUT2D eigenvalue weighted by Crippen LogP contribution is -2.20. The molecule has 0 aliphatic carbocycles. The molecular weight excluding hydrogens is 306 g/mol. The van der Waals surface area contributed by atoms with Crippen LogP contribution in [0.15, 0.2) is 42.5 Å². The van der Waals surface area contributed by atoms with Crippen molar-refractivity contribution in [2.75, 3.05) is 17.2 Å². The van der Waals surface area contributed by atoms with Crippen molar-refractivity contribution in [3.63, 3.8) is 0 Å². The summed E-state index contributed by atoms with van der Waals surface area (Å²) in [5.41, 5.74) is 0.549. The van der Waals surface area contributed by atoms with Gasteiger partial charge < -0.3 is 15.4 Å². The van der Waals surface area contributed by atoms with Crippen LogP contribution >= 0.6 is 0 Å². The van der Waals surface area contributed by atoms with Crippen LogP contribution in [-0.4, -0.2) is 18.4 Å². The lowest BCUT2D eigenvalue weighted by atomic mass is 10.3. The Bertz CT molecular complexity index is 735. The Hall–Kier alpha value is -2.96. The highest BCUT2D eigenvalue weighted by molar-refractivity contribution is 5.92. The largest absolute Gasteiger partial charge is 0.482 e. The van der Waals surface area contributed by atoms with Gasteiger partial charge >= 0.3 is 0 Å². The van der Waals surface area contributed by atoms with Crippen LogP contribution in [-0.2, 0) is 9.59 Å². The van der Waals surface area contributed by atoms with Gasteiger partial charge in [-0.15, -0.1) is 0 Å². The van der Waals surface area contributed by atoms with E-state index in [9.17, 15) is 18.4 Å². The third kappa shape index (κ3) is 4.77. The molecule has 0 unspecified atom stereocenters. The van der Waals surface area contributed by atoms with Gasteiger partial charge in [0.2, 0.25) is 5.91 Å². The summed E-state index contributed by atoms with van der Waals surface area (Å²) >= 11 is 0. The number of benzene rings is 2. The zero-order valence-electron chi connectivity index (χ0n) is 12.2. The second kappa shape index (κ2) is 7.35. The first kappa shape index (κ1) is 16.4. The lowest BCUT2D eigenvalue weighted by molar-refractivity contribution is -0.118. The molecule has 120 valence electrons. The molecule has 7 heteroatoms. The fraction of sp³-hybridized carbons (Fsp3) is 0.125. The maximum absolute atomic E-state index is 13.1. The highest BCUT2D eigenvalue weighted by atomic mass is 19.2. The minimum absolute atomic E-state index is 0.118.